The van der Waals surface area contributed by atoms with Crippen LogP contribution in [-0.2, 0) is 23.9 Å². The van der Waals surface area contributed by atoms with E-state index in [1.807, 2.05) is 102 Å². The number of likely N-dealkylation sites (tertiary alicyclic amines) is 1. The first-order valence-electron chi connectivity index (χ1n) is 22.5. The van der Waals surface area contributed by atoms with E-state index in [1.165, 1.54) is 4.90 Å². The van der Waals surface area contributed by atoms with Crippen molar-refractivity contribution in [3.05, 3.63) is 95.6 Å². The van der Waals surface area contributed by atoms with Crippen LogP contribution in [0.25, 0.3) is 32.9 Å². The van der Waals surface area contributed by atoms with Crippen molar-refractivity contribution in [2.24, 2.45) is 5.41 Å². The molecule has 0 bridgehead atoms. The Kier molecular flexibility index (Phi) is 15.6. The Balaban J connectivity index is 0.816. The fourth-order valence-electron chi connectivity index (χ4n) is 8.06. The van der Waals surface area contributed by atoms with Crippen molar-refractivity contribution in [3.8, 4) is 27.6 Å². The Morgan fingerprint density at radius 3 is 2.28 bits per heavy atom. The van der Waals surface area contributed by atoms with Crippen LogP contribution in [0.15, 0.2) is 78.6 Å². The van der Waals surface area contributed by atoms with Crippen molar-refractivity contribution in [3.63, 3.8) is 0 Å². The summed E-state index contributed by atoms with van der Waals surface area (Å²) in [7, 11) is 0. The number of aliphatic hydroxyl groups excluding tert-OH is 1. The lowest BCUT2D eigenvalue weighted by molar-refractivity contribution is -0.144. The summed E-state index contributed by atoms with van der Waals surface area (Å²) in [4.78, 5) is 65.8. The number of carbonyl (C=O) groups is 3. The minimum absolute atomic E-state index is 0.0229. The molecule has 67 heavy (non-hydrogen) atoms. The highest BCUT2D eigenvalue weighted by molar-refractivity contribution is 7.13. The number of aryl methyl sites for hydroxylation is 2. The Labute approximate surface area is 394 Å². The Morgan fingerprint density at radius 2 is 1.58 bits per heavy atom. The van der Waals surface area contributed by atoms with Crippen LogP contribution in [0.5, 0.6) is 5.75 Å². The predicted molar refractivity (Wildman–Crippen MR) is 257 cm³/mol. The number of benzene rings is 2. The molecule has 7 rings (SSSR count). The summed E-state index contributed by atoms with van der Waals surface area (Å²) in [6, 6.07) is 17.2. The molecule has 0 saturated carbocycles. The predicted octanol–water partition coefficient (Wildman–Crippen LogP) is 6.74. The fraction of sp³-hybridized carbons (Fsp3) is 0.429. The molecule has 3 amide bonds. The average molecular weight is 933 g/mol. The van der Waals surface area contributed by atoms with E-state index in [1.54, 1.807) is 29.8 Å². The van der Waals surface area contributed by atoms with Crippen LogP contribution in [0.1, 0.15) is 77.1 Å². The molecule has 4 N–H and O–H groups in total. The van der Waals surface area contributed by atoms with Crippen molar-refractivity contribution in [1.29, 1.82) is 0 Å². The smallest absolute Gasteiger partial charge is 0.246 e. The van der Waals surface area contributed by atoms with E-state index in [2.05, 4.69) is 54.3 Å². The molecular formula is C49H60N10O7S. The molecule has 17 nitrogen and oxygen atoms in total. The molecule has 2 aromatic carbocycles. The number of rotatable bonds is 19. The summed E-state index contributed by atoms with van der Waals surface area (Å²) in [5.41, 5.74) is 6.68. The fourth-order valence-corrected chi connectivity index (χ4v) is 8.87. The third-order valence-corrected chi connectivity index (χ3v) is 12.4. The first-order chi connectivity index (χ1) is 32.0. The van der Waals surface area contributed by atoms with Gasteiger partial charge >= 0.3 is 0 Å². The van der Waals surface area contributed by atoms with Crippen LogP contribution >= 0.6 is 11.3 Å². The topological polar surface area (TPSA) is 208 Å². The van der Waals surface area contributed by atoms with Crippen LogP contribution in [0.3, 0.4) is 0 Å². The number of anilines is 2. The van der Waals surface area contributed by atoms with Crippen LogP contribution in [-0.4, -0.2) is 115 Å². The number of amides is 3. The monoisotopic (exact) mass is 932 g/mol. The Bertz CT molecular complexity index is 2650. The standard InChI is InChI=1S/C49H60N10O7S/c1-29(2)59-32(5)54-38-25-51-42(24-39(38)59)55-41-17-18-50-46(56-41)35-13-15-37(16-14-35)66-22-21-64-19-20-65-27-43(61)57-45(49(6,7)8)48(63)58-26-36(60)23-40(58)47(62)53-30(3)33-9-11-34(12-10-33)44-31(4)52-28-67-44/h9-18,24-25,28-30,36,40,45,60H,19-23,26-27H2,1-8H3,(H,53,62)(H,57,61)(H,50,51,55,56)/t30?,36-,40+,45?/m0/s1. The van der Waals surface area contributed by atoms with Gasteiger partial charge in [-0.05, 0) is 81.5 Å². The highest BCUT2D eigenvalue weighted by atomic mass is 32.1. The molecular weight excluding hydrogens is 873 g/mol. The van der Waals surface area contributed by atoms with Crippen LogP contribution in [0.4, 0.5) is 11.6 Å². The molecule has 354 valence electrons. The molecule has 18 heteroatoms. The van der Waals surface area contributed by atoms with Gasteiger partial charge in [-0.2, -0.15) is 0 Å². The highest BCUT2D eigenvalue weighted by Crippen LogP contribution is 2.30. The normalized spacial score (nSPS) is 16.0. The zero-order valence-corrected chi connectivity index (χ0v) is 40.1. The third kappa shape index (κ3) is 12.2. The number of hydrogen-bond donors (Lipinski definition) is 4. The number of nitrogens with one attached hydrogen (secondary N) is 3. The molecule has 4 atom stereocenters. The molecule has 0 spiro atoms. The molecule has 0 aliphatic carbocycles. The number of aromatic nitrogens is 6. The number of thiazole rings is 1. The van der Waals surface area contributed by atoms with E-state index in [4.69, 9.17) is 19.2 Å². The number of fused-ring (bicyclic) bond motifs is 1. The molecule has 0 radical (unpaired) electrons. The first kappa shape index (κ1) is 48.6. The highest BCUT2D eigenvalue weighted by Gasteiger charge is 2.44. The lowest BCUT2D eigenvalue weighted by Gasteiger charge is -2.35. The molecule has 4 aromatic heterocycles. The zero-order chi connectivity index (χ0) is 47.8. The minimum Gasteiger partial charge on any atom is -0.491 e. The summed E-state index contributed by atoms with van der Waals surface area (Å²) in [6.07, 6.45) is 2.67. The van der Waals surface area contributed by atoms with E-state index in [0.717, 1.165) is 44.1 Å². The first-order valence-corrected chi connectivity index (χ1v) is 23.4. The summed E-state index contributed by atoms with van der Waals surface area (Å²) in [5.74, 6) is 2.10. The maximum absolute atomic E-state index is 14.0. The van der Waals surface area contributed by atoms with Gasteiger partial charge in [-0.3, -0.25) is 14.4 Å². The zero-order valence-electron chi connectivity index (χ0n) is 39.3. The van der Waals surface area contributed by atoms with Gasteiger partial charge < -0.3 is 44.7 Å². The quantitative estimate of drug-likeness (QED) is 0.0622. The lowest BCUT2D eigenvalue weighted by atomic mass is 9.85. The molecule has 1 aliphatic heterocycles. The summed E-state index contributed by atoms with van der Waals surface area (Å²) < 4.78 is 19.3. The molecule has 1 aliphatic rings. The number of nitrogens with zero attached hydrogens (tertiary/aromatic N) is 7. The summed E-state index contributed by atoms with van der Waals surface area (Å²) >= 11 is 1.57. The number of hydrogen-bond acceptors (Lipinski definition) is 14. The molecule has 1 fully saturated rings. The number of aliphatic hydroxyl groups is 1. The van der Waals surface area contributed by atoms with Crippen molar-refractivity contribution in [2.45, 2.75) is 92.1 Å². The van der Waals surface area contributed by atoms with Gasteiger partial charge in [0.1, 0.15) is 54.0 Å². The van der Waals surface area contributed by atoms with Crippen LogP contribution < -0.4 is 20.7 Å². The number of ether oxygens (including phenoxy) is 3. The van der Waals surface area contributed by atoms with Gasteiger partial charge in [0.2, 0.25) is 17.7 Å². The van der Waals surface area contributed by atoms with Crippen LogP contribution in [0, 0.1) is 19.3 Å². The van der Waals surface area contributed by atoms with Gasteiger partial charge in [0.15, 0.2) is 5.82 Å². The SMILES string of the molecule is Cc1ncsc1-c1ccc(C(C)NC(=O)[C@H]2C[C@H](O)CN2C(=O)C(NC(=O)COCCOCCOc2ccc(-c3nccc(Nc4cc5c(cn4)nc(C)n5C(C)C)n3)cc2)C(C)(C)C)cc1. The van der Waals surface area contributed by atoms with Crippen LogP contribution in [0.2, 0.25) is 0 Å². The third-order valence-electron chi connectivity index (χ3n) is 11.5. The second kappa shape index (κ2) is 21.5. The number of pyridine rings is 1. The van der Waals surface area contributed by atoms with E-state index in [-0.39, 0.29) is 50.8 Å². The van der Waals surface area contributed by atoms with Crippen molar-refractivity contribution < 1.29 is 33.7 Å². The largest absolute Gasteiger partial charge is 0.491 e. The Morgan fingerprint density at radius 1 is 0.866 bits per heavy atom. The summed E-state index contributed by atoms with van der Waals surface area (Å²) in [5, 5.41) is 19.7. The van der Waals surface area contributed by atoms with Crippen molar-refractivity contribution in [2.75, 3.05) is 44.9 Å². The van der Waals surface area contributed by atoms with Gasteiger partial charge in [-0.1, -0.05) is 45.0 Å². The van der Waals surface area contributed by atoms with Gasteiger partial charge in [0.05, 0.1) is 59.8 Å². The van der Waals surface area contributed by atoms with Gasteiger partial charge in [0.25, 0.3) is 0 Å². The van der Waals surface area contributed by atoms with E-state index < -0.39 is 35.4 Å². The Hall–Kier alpha value is -6.34. The van der Waals surface area contributed by atoms with E-state index in [9.17, 15) is 19.5 Å². The molecule has 2 unspecified atom stereocenters. The second-order valence-electron chi connectivity index (χ2n) is 18.0. The average Bonchev–Trinajstić information content (AvgIpc) is 4.01. The van der Waals surface area contributed by atoms with E-state index in [0.29, 0.717) is 36.4 Å². The number of β-amino-alcohol motifs (C(OH)–C–C–N with tert-alkyl or cyclic N) is 1. The molecule has 1 saturated heterocycles. The maximum Gasteiger partial charge on any atom is 0.246 e. The van der Waals surface area contributed by atoms with Gasteiger partial charge in [0, 0.05) is 36.8 Å². The minimum atomic E-state index is -0.975. The van der Waals surface area contributed by atoms with Crippen molar-refractivity contribution >= 4 is 51.7 Å². The number of imidazole rings is 1. The number of carbonyl (C=O) groups excluding carboxylic acids is 3. The van der Waals surface area contributed by atoms with Crippen molar-refractivity contribution in [1.82, 2.24) is 45.0 Å². The maximum atomic E-state index is 14.0. The van der Waals surface area contributed by atoms with E-state index >= 15 is 0 Å². The molecule has 5 heterocycles. The van der Waals surface area contributed by atoms with Gasteiger partial charge in [-0.25, -0.2) is 24.9 Å². The lowest BCUT2D eigenvalue weighted by Crippen LogP contribution is -2.58. The van der Waals surface area contributed by atoms with Gasteiger partial charge in [-0.15, -0.1) is 11.3 Å². The summed E-state index contributed by atoms with van der Waals surface area (Å²) in [6.45, 7) is 16.2. The molecule has 6 aromatic rings. The second-order valence-corrected chi connectivity index (χ2v) is 18.8.